The second-order valence-corrected chi connectivity index (χ2v) is 44.8. The molecule has 134 heavy (non-hydrogen) atoms. The molecule has 0 unspecified atom stereocenters. The molecule has 4 aromatic heterocycles. The molecule has 0 radical (unpaired) electrons. The maximum absolute atomic E-state index is 16.4. The number of rotatable bonds is 12. The van der Waals surface area contributed by atoms with E-state index in [0.717, 1.165) is 257 Å². The molecule has 10 aromatic rings. The summed E-state index contributed by atoms with van der Waals surface area (Å²) in [5.74, 6) is 2.49. The second kappa shape index (κ2) is 34.8. The van der Waals surface area contributed by atoms with Crippen molar-refractivity contribution in [3.05, 3.63) is 166 Å². The predicted molar refractivity (Wildman–Crippen MR) is 510 cm³/mol. The van der Waals surface area contributed by atoms with Gasteiger partial charge in [-0.05, 0) is 343 Å². The van der Waals surface area contributed by atoms with Gasteiger partial charge < -0.3 is 58.5 Å². The van der Waals surface area contributed by atoms with E-state index in [-0.39, 0.29) is 108 Å². The Hall–Kier alpha value is -10.8. The van der Waals surface area contributed by atoms with Crippen LogP contribution in [0.15, 0.2) is 97.1 Å². The Balaban J connectivity index is 0.000000161. The van der Waals surface area contributed by atoms with Crippen molar-refractivity contribution in [2.75, 3.05) is 45.8 Å². The topological polar surface area (TPSA) is 246 Å². The van der Waals surface area contributed by atoms with Gasteiger partial charge in [-0.1, -0.05) is 49.9 Å². The van der Waals surface area contributed by atoms with Gasteiger partial charge in [0.25, 0.3) is 0 Å². The minimum absolute atomic E-state index is 0.0570. The van der Waals surface area contributed by atoms with E-state index in [1.165, 1.54) is 24.3 Å². The minimum atomic E-state index is -0.612. The third-order valence-electron chi connectivity index (χ3n) is 31.4. The van der Waals surface area contributed by atoms with Crippen LogP contribution in [0, 0.1) is 46.9 Å². The number of hydrogen-bond donors (Lipinski definition) is 4. The molecule has 12 aliphatic rings. The van der Waals surface area contributed by atoms with Crippen LogP contribution >= 0.6 is 0 Å². The Morgan fingerprint density at radius 1 is 0.299 bits per heavy atom. The monoisotopic (exact) mass is 1830 g/mol. The number of piperidine rings is 2. The molecule has 12 fully saturated rings. The number of halogens is 4. The molecule has 712 valence electrons. The van der Waals surface area contributed by atoms with Gasteiger partial charge in [0, 0.05) is 61.7 Å². The van der Waals surface area contributed by atoms with E-state index < -0.39 is 45.7 Å². The number of carbonyl (C=O) groups is 4. The highest BCUT2D eigenvalue weighted by molar-refractivity contribution is 5.82. The summed E-state index contributed by atoms with van der Waals surface area (Å²) in [6.07, 6.45) is 23.6. The Labute approximate surface area is 782 Å². The molecule has 6 aromatic carbocycles. The molecule has 24 nitrogen and oxygen atoms in total. The van der Waals surface area contributed by atoms with Gasteiger partial charge in [-0.15, -0.1) is 0 Å². The van der Waals surface area contributed by atoms with Crippen molar-refractivity contribution in [1.82, 2.24) is 59.5 Å². The molecule has 22 rings (SSSR count). The van der Waals surface area contributed by atoms with Crippen LogP contribution in [0.1, 0.15) is 344 Å². The van der Waals surface area contributed by atoms with E-state index in [2.05, 4.69) is 78.3 Å². The lowest BCUT2D eigenvalue weighted by Gasteiger charge is -2.35. The summed E-state index contributed by atoms with van der Waals surface area (Å²) in [6, 6.07) is 30.0. The van der Waals surface area contributed by atoms with Crippen LogP contribution in [-0.4, -0.2) is 157 Å². The van der Waals surface area contributed by atoms with E-state index in [1.54, 1.807) is 0 Å². The van der Waals surface area contributed by atoms with Crippen molar-refractivity contribution < 1.29 is 55.7 Å². The summed E-state index contributed by atoms with van der Waals surface area (Å²) >= 11 is 0. The van der Waals surface area contributed by atoms with Crippen molar-refractivity contribution in [2.45, 2.75) is 345 Å². The lowest BCUT2D eigenvalue weighted by molar-refractivity contribution is 0.0120. The number of aromatic amines is 4. The van der Waals surface area contributed by atoms with Crippen LogP contribution in [0.3, 0.4) is 0 Å². The zero-order chi connectivity index (χ0) is 93.0. The summed E-state index contributed by atoms with van der Waals surface area (Å²) in [5, 5.41) is 0. The highest BCUT2D eigenvalue weighted by atomic mass is 19.1. The molecule has 28 heteroatoms. The van der Waals surface area contributed by atoms with Crippen LogP contribution in [0.2, 0.25) is 0 Å². The van der Waals surface area contributed by atoms with Gasteiger partial charge in [0.05, 0.1) is 92.5 Å². The molecule has 4 saturated carbocycles. The van der Waals surface area contributed by atoms with Crippen LogP contribution in [0.25, 0.3) is 44.1 Å². The first-order valence-corrected chi connectivity index (χ1v) is 50.2. The Morgan fingerprint density at radius 2 is 0.530 bits per heavy atom. The van der Waals surface area contributed by atoms with E-state index in [9.17, 15) is 19.2 Å². The number of ether oxygens (including phenoxy) is 4. The predicted octanol–water partition coefficient (Wildman–Crippen LogP) is 25.0. The average Bonchev–Trinajstić information content (AvgIpc) is 1.52. The number of likely N-dealkylation sites (tertiary alicyclic amines) is 4. The average molecular weight is 1830 g/mol. The van der Waals surface area contributed by atoms with Gasteiger partial charge in [-0.2, -0.15) is 0 Å². The minimum Gasteiger partial charge on any atom is -0.444 e. The third kappa shape index (κ3) is 17.2. The number of carbonyl (C=O) groups excluding carboxylic acids is 4. The number of hydrogen-bond acceptors (Lipinski definition) is 16. The largest absolute Gasteiger partial charge is 0.444 e. The SMILES string of the molecule is CC(C)(C)OC(=O)N1[C@H](c2nc3ccc([C@H]4CC[C@H](c5ccc6nc([C@@H]7C[C@@H]8CCC[C@@H]8N7C(=O)OC(C)(C)C)[nH]c6c5)N4c4cc(F)c(N5CCCCC5)c(F)c4)cc3[nH]2)C[C@@H]2CCC[C@@H]21.CC(C)(C)OC(=O)N1[C@H](c2nc3ccc([C@H]4CC[C@H](c5ccc6nc([C@@H]7C[C@@H]8CCC[C@@H]8N7C(=O)OC(C)(C)C)[nH]c6c5)N4c4cc(F)c(N5CCCCC5)c(F)c4)cc3[nH]2)C[C@@H]2CCC[C@@H]21. The number of aromatic nitrogens is 8. The Bertz CT molecular complexity index is 5420. The summed E-state index contributed by atoms with van der Waals surface area (Å²) in [5.41, 5.74) is 9.36. The fourth-order valence-corrected chi connectivity index (χ4v) is 26.0. The van der Waals surface area contributed by atoms with Gasteiger partial charge in [0.2, 0.25) is 0 Å². The Morgan fingerprint density at radius 3 is 0.754 bits per heavy atom. The molecule has 4 amide bonds. The Kier molecular flexibility index (Phi) is 23.3. The molecule has 16 atom stereocenters. The number of imidazole rings is 4. The second-order valence-electron chi connectivity index (χ2n) is 44.8. The first-order chi connectivity index (χ1) is 64.1. The number of benzene rings is 6. The number of H-pyrrole nitrogens is 4. The van der Waals surface area contributed by atoms with Gasteiger partial charge in [0.15, 0.2) is 23.3 Å². The first-order valence-electron chi connectivity index (χ1n) is 50.2. The number of nitrogens with one attached hydrogen (secondary N) is 4. The highest BCUT2D eigenvalue weighted by Crippen LogP contribution is 2.57. The molecule has 8 aliphatic heterocycles. The molecule has 4 N–H and O–H groups in total. The number of nitrogens with zero attached hydrogens (tertiary/aromatic N) is 12. The van der Waals surface area contributed by atoms with E-state index in [4.69, 9.17) is 38.9 Å². The van der Waals surface area contributed by atoms with Crippen LogP contribution in [0.5, 0.6) is 0 Å². The van der Waals surface area contributed by atoms with Crippen molar-refractivity contribution >= 4 is 91.3 Å². The van der Waals surface area contributed by atoms with Crippen LogP contribution in [-0.2, 0) is 18.9 Å². The van der Waals surface area contributed by atoms with E-state index in [0.29, 0.717) is 61.2 Å². The first kappa shape index (κ1) is 89.7. The standard InChI is InChI=1S/2C53H66F2N8O4/c2*1-52(2,3)66-50(64)62-41-14-10-12-30(41)26-45(62)48-56-37-18-16-32(24-39(37)58-48)43-20-21-44(61(43)34-28-35(54)47(36(55)29-34)60-22-8-7-9-23-60)33-17-19-38-40(25-33)59-49(57-38)46-27-31-13-11-15-42(31)63(46)51(65)67-53(4,5)6/h2*16-19,24-25,28-31,41-46H,7-15,20-23,26-27H2,1-6H3,(H,56,58)(H,57,59)/t2*30-,31-,41-,42-,43+,44+,45-,46-/m00/s1. The molecule has 0 bridgehead atoms. The number of amides is 4. The summed E-state index contributed by atoms with van der Waals surface area (Å²) in [6.45, 7) is 25.4. The number of anilines is 4. The fraction of sp³-hybridized carbons (Fsp3) is 0.585. The molecular weight excluding hydrogens is 1700 g/mol. The third-order valence-corrected chi connectivity index (χ3v) is 31.4. The highest BCUT2D eigenvalue weighted by Gasteiger charge is 2.55. The normalized spacial score (nSPS) is 27.7. The lowest BCUT2D eigenvalue weighted by Crippen LogP contribution is -2.41. The van der Waals surface area contributed by atoms with Crippen molar-refractivity contribution in [1.29, 1.82) is 0 Å². The fourth-order valence-electron chi connectivity index (χ4n) is 26.0. The van der Waals surface area contributed by atoms with Crippen LogP contribution in [0.4, 0.5) is 59.5 Å². The van der Waals surface area contributed by atoms with E-state index in [1.807, 2.05) is 137 Å². The van der Waals surface area contributed by atoms with Crippen molar-refractivity contribution in [2.24, 2.45) is 23.7 Å². The lowest BCUT2D eigenvalue weighted by atomic mass is 10.0. The van der Waals surface area contributed by atoms with Crippen molar-refractivity contribution in [3.63, 3.8) is 0 Å². The van der Waals surface area contributed by atoms with Gasteiger partial charge >= 0.3 is 24.4 Å². The molecule has 12 heterocycles. The van der Waals surface area contributed by atoms with Gasteiger partial charge in [-0.25, -0.2) is 56.7 Å². The molecule has 8 saturated heterocycles. The zero-order valence-corrected chi connectivity index (χ0v) is 79.8. The summed E-state index contributed by atoms with van der Waals surface area (Å²) < 4.78 is 89.6. The summed E-state index contributed by atoms with van der Waals surface area (Å²) in [7, 11) is 0. The zero-order valence-electron chi connectivity index (χ0n) is 79.8. The molecule has 0 spiro atoms. The van der Waals surface area contributed by atoms with Crippen molar-refractivity contribution in [3.8, 4) is 0 Å². The summed E-state index contributed by atoms with van der Waals surface area (Å²) in [4.78, 5) is 106. The maximum Gasteiger partial charge on any atom is 0.411 e. The number of fused-ring (bicyclic) bond motifs is 8. The smallest absolute Gasteiger partial charge is 0.411 e. The molecule has 4 aliphatic carbocycles. The maximum atomic E-state index is 16.4. The van der Waals surface area contributed by atoms with Gasteiger partial charge in [0.1, 0.15) is 57.1 Å². The quantitative estimate of drug-likeness (QED) is 0.0656. The molecular formula is C106H132F4N16O8. The van der Waals surface area contributed by atoms with E-state index >= 15 is 17.6 Å². The van der Waals surface area contributed by atoms with Crippen LogP contribution < -0.4 is 19.6 Å². The van der Waals surface area contributed by atoms with Gasteiger partial charge in [-0.3, -0.25) is 19.6 Å².